The van der Waals surface area contributed by atoms with E-state index in [0.29, 0.717) is 30.6 Å². The Morgan fingerprint density at radius 3 is 2.71 bits per heavy atom. The first-order valence-corrected chi connectivity index (χ1v) is 10.4. The number of amides is 3. The molecule has 2 saturated heterocycles. The average molecular weight is 382 g/mol. The number of nitrogens with zero attached hydrogens (tertiary/aromatic N) is 2. The number of imide groups is 1. The molecule has 3 fully saturated rings. The molecule has 3 atom stereocenters. The zero-order valence-electron chi connectivity index (χ0n) is 15.9. The van der Waals surface area contributed by atoms with Crippen molar-refractivity contribution < 1.29 is 14.4 Å². The molecule has 7 heteroatoms. The zero-order valence-corrected chi connectivity index (χ0v) is 15.9. The Hall–Kier alpha value is -2.41. The summed E-state index contributed by atoms with van der Waals surface area (Å²) < 4.78 is 0. The number of benzene rings is 1. The molecule has 0 bridgehead atoms. The third-order valence-electron chi connectivity index (χ3n) is 6.73. The number of piperazine rings is 1. The highest BCUT2D eigenvalue weighted by molar-refractivity contribution is 6.05. The summed E-state index contributed by atoms with van der Waals surface area (Å²) in [4.78, 5) is 40.6. The van der Waals surface area contributed by atoms with Gasteiger partial charge < -0.3 is 15.1 Å². The summed E-state index contributed by atoms with van der Waals surface area (Å²) in [5, 5.41) is 6.02. The second-order valence-corrected chi connectivity index (χ2v) is 8.35. The van der Waals surface area contributed by atoms with E-state index in [1.165, 1.54) is 31.4 Å². The van der Waals surface area contributed by atoms with Crippen LogP contribution in [0.5, 0.6) is 0 Å². The van der Waals surface area contributed by atoms with Crippen molar-refractivity contribution in [1.82, 2.24) is 15.5 Å². The summed E-state index contributed by atoms with van der Waals surface area (Å²) in [6.45, 7) is 2.40. The molecule has 1 aromatic rings. The van der Waals surface area contributed by atoms with Crippen LogP contribution in [0.3, 0.4) is 0 Å². The molecule has 3 heterocycles. The second-order valence-electron chi connectivity index (χ2n) is 8.35. The lowest BCUT2D eigenvalue weighted by Crippen LogP contribution is -2.59. The largest absolute Gasteiger partial charge is 0.366 e. The third kappa shape index (κ3) is 2.89. The van der Waals surface area contributed by atoms with Crippen LogP contribution in [0.1, 0.15) is 54.4 Å². The van der Waals surface area contributed by atoms with Gasteiger partial charge in [0.05, 0.1) is 0 Å². The van der Waals surface area contributed by atoms with Crippen molar-refractivity contribution in [3.63, 3.8) is 0 Å². The van der Waals surface area contributed by atoms with Gasteiger partial charge in [-0.2, -0.15) is 0 Å². The lowest BCUT2D eigenvalue weighted by atomic mass is 9.87. The normalized spacial score (nSPS) is 30.1. The zero-order chi connectivity index (χ0) is 19.3. The molecule has 148 valence electrons. The first-order valence-electron chi connectivity index (χ1n) is 10.4. The molecule has 28 heavy (non-hydrogen) atoms. The monoisotopic (exact) mass is 382 g/mol. The molecule has 0 radical (unpaired) electrons. The first kappa shape index (κ1) is 17.7. The van der Waals surface area contributed by atoms with Crippen molar-refractivity contribution in [3.8, 4) is 0 Å². The molecule has 0 aromatic heterocycles. The van der Waals surface area contributed by atoms with Gasteiger partial charge in [-0.25, -0.2) is 0 Å². The van der Waals surface area contributed by atoms with Gasteiger partial charge in [0.25, 0.3) is 5.91 Å². The molecule has 1 aliphatic carbocycles. The van der Waals surface area contributed by atoms with Gasteiger partial charge in [0, 0.05) is 49.4 Å². The Morgan fingerprint density at radius 1 is 1.00 bits per heavy atom. The second kappa shape index (κ2) is 6.88. The summed E-state index contributed by atoms with van der Waals surface area (Å²) >= 11 is 0. The maximum atomic E-state index is 12.9. The fourth-order valence-electron chi connectivity index (χ4n) is 5.32. The molecule has 5 rings (SSSR count). The molecule has 1 unspecified atom stereocenters. The molecule has 2 N–H and O–H groups in total. The highest BCUT2D eigenvalue weighted by Gasteiger charge is 2.40. The van der Waals surface area contributed by atoms with E-state index >= 15 is 0 Å². The van der Waals surface area contributed by atoms with E-state index in [4.69, 9.17) is 0 Å². The molecular formula is C21H26N4O3. The van der Waals surface area contributed by atoms with Gasteiger partial charge in [-0.15, -0.1) is 0 Å². The number of carbonyl (C=O) groups is 3. The lowest BCUT2D eigenvalue weighted by molar-refractivity contribution is -0.136. The predicted octanol–water partition coefficient (Wildman–Crippen LogP) is 1.17. The van der Waals surface area contributed by atoms with Gasteiger partial charge in [-0.1, -0.05) is 12.8 Å². The van der Waals surface area contributed by atoms with Crippen LogP contribution >= 0.6 is 0 Å². The van der Waals surface area contributed by atoms with Gasteiger partial charge in [-0.05, 0) is 43.0 Å². The molecule has 3 aliphatic heterocycles. The maximum Gasteiger partial charge on any atom is 0.255 e. The van der Waals surface area contributed by atoms with Crippen molar-refractivity contribution in [1.29, 1.82) is 0 Å². The SMILES string of the molecule is O=C1CCC(N2Cc3cc(N4CCN[C@H]5CCCC[C@H]54)ccc3C2=O)C(=O)N1. The standard InChI is InChI=1S/C21H26N4O3/c26-19-8-7-18(20(27)23-19)25-12-13-11-14(5-6-15(13)21(25)28)24-10-9-22-16-3-1-2-4-17(16)24/h5-6,11,16-18,22H,1-4,7-10,12H2,(H,23,26,27)/t16-,17+,18?/m0/s1. The van der Waals surface area contributed by atoms with Gasteiger partial charge in [0.2, 0.25) is 11.8 Å². The van der Waals surface area contributed by atoms with Crippen molar-refractivity contribution in [2.24, 2.45) is 0 Å². The Kier molecular flexibility index (Phi) is 4.34. The number of anilines is 1. The summed E-state index contributed by atoms with van der Waals surface area (Å²) in [7, 11) is 0. The Balaban J connectivity index is 1.38. The van der Waals surface area contributed by atoms with Crippen LogP contribution in [0.2, 0.25) is 0 Å². The molecule has 7 nitrogen and oxygen atoms in total. The Morgan fingerprint density at radius 2 is 1.86 bits per heavy atom. The van der Waals surface area contributed by atoms with E-state index in [0.717, 1.165) is 18.7 Å². The van der Waals surface area contributed by atoms with Crippen molar-refractivity contribution in [2.75, 3.05) is 18.0 Å². The maximum absolute atomic E-state index is 12.9. The minimum Gasteiger partial charge on any atom is -0.366 e. The van der Waals surface area contributed by atoms with E-state index in [9.17, 15) is 14.4 Å². The average Bonchev–Trinajstić information content (AvgIpc) is 3.03. The number of hydrogen-bond donors (Lipinski definition) is 2. The number of rotatable bonds is 2. The lowest BCUT2D eigenvalue weighted by Gasteiger charge is -2.46. The van der Waals surface area contributed by atoms with Crippen LogP contribution in [0.15, 0.2) is 18.2 Å². The van der Waals surface area contributed by atoms with Gasteiger partial charge in [0.15, 0.2) is 0 Å². The molecular weight excluding hydrogens is 356 g/mol. The number of hydrogen-bond acceptors (Lipinski definition) is 5. The van der Waals surface area contributed by atoms with E-state index in [2.05, 4.69) is 27.7 Å². The topological polar surface area (TPSA) is 81.8 Å². The highest BCUT2D eigenvalue weighted by atomic mass is 16.2. The first-order chi connectivity index (χ1) is 13.6. The molecule has 1 saturated carbocycles. The minimum absolute atomic E-state index is 0.105. The fraction of sp³-hybridized carbons (Fsp3) is 0.571. The van der Waals surface area contributed by atoms with Gasteiger partial charge in [0.1, 0.15) is 6.04 Å². The third-order valence-corrected chi connectivity index (χ3v) is 6.73. The van der Waals surface area contributed by atoms with Crippen molar-refractivity contribution in [3.05, 3.63) is 29.3 Å². The van der Waals surface area contributed by atoms with Crippen LogP contribution in [0.25, 0.3) is 0 Å². The molecule has 3 amide bonds. The summed E-state index contributed by atoms with van der Waals surface area (Å²) in [5.41, 5.74) is 2.84. The van der Waals surface area contributed by atoms with Crippen LogP contribution in [0, 0.1) is 0 Å². The summed E-state index contributed by atoms with van der Waals surface area (Å²) in [5.74, 6) is -0.717. The number of fused-ring (bicyclic) bond motifs is 2. The summed E-state index contributed by atoms with van der Waals surface area (Å²) in [6, 6.07) is 6.63. The Labute approximate surface area is 164 Å². The smallest absolute Gasteiger partial charge is 0.255 e. The molecule has 1 aromatic carbocycles. The van der Waals surface area contributed by atoms with Crippen LogP contribution in [-0.2, 0) is 16.1 Å². The van der Waals surface area contributed by atoms with E-state index < -0.39 is 6.04 Å². The Bertz CT molecular complexity index is 837. The van der Waals surface area contributed by atoms with Gasteiger partial charge in [-0.3, -0.25) is 19.7 Å². The number of nitrogens with one attached hydrogen (secondary N) is 2. The van der Waals surface area contributed by atoms with Crippen molar-refractivity contribution in [2.45, 2.75) is 63.2 Å². The van der Waals surface area contributed by atoms with E-state index in [1.54, 1.807) is 4.90 Å². The minimum atomic E-state index is -0.553. The van der Waals surface area contributed by atoms with E-state index in [-0.39, 0.29) is 24.1 Å². The molecule has 4 aliphatic rings. The van der Waals surface area contributed by atoms with Crippen LogP contribution in [-0.4, -0.2) is 53.8 Å². The van der Waals surface area contributed by atoms with Crippen LogP contribution < -0.4 is 15.5 Å². The van der Waals surface area contributed by atoms with Gasteiger partial charge >= 0.3 is 0 Å². The molecule has 0 spiro atoms. The van der Waals surface area contributed by atoms with Crippen LogP contribution in [0.4, 0.5) is 5.69 Å². The fourth-order valence-corrected chi connectivity index (χ4v) is 5.32. The van der Waals surface area contributed by atoms with Crippen molar-refractivity contribution >= 4 is 23.4 Å². The predicted molar refractivity (Wildman–Crippen MR) is 104 cm³/mol. The van der Waals surface area contributed by atoms with E-state index in [1.807, 2.05) is 6.07 Å². The highest BCUT2D eigenvalue weighted by Crippen LogP contribution is 2.34. The number of piperidine rings is 1. The summed E-state index contributed by atoms with van der Waals surface area (Å²) in [6.07, 6.45) is 5.68. The number of carbonyl (C=O) groups excluding carboxylic acids is 3. The quantitative estimate of drug-likeness (QED) is 0.751.